The molecule has 1 aliphatic rings. The second kappa shape index (κ2) is 8.49. The molecule has 26 heavy (non-hydrogen) atoms. The number of ketones is 1. The Kier molecular flexibility index (Phi) is 6.59. The number of carbonyl (C=O) groups excluding carboxylic acids is 2. The molecule has 6 heteroatoms. The van der Waals surface area contributed by atoms with Crippen LogP contribution in [0.15, 0.2) is 40.8 Å². The highest BCUT2D eigenvalue weighted by atomic mass is 35.5. The number of esters is 1. The molecule has 1 aromatic rings. The van der Waals surface area contributed by atoms with Crippen LogP contribution in [-0.4, -0.2) is 24.1 Å². The third-order valence-corrected chi connectivity index (χ3v) is 4.31. The van der Waals surface area contributed by atoms with E-state index < -0.39 is 5.97 Å². The second-order valence-corrected chi connectivity index (χ2v) is 7.38. The summed E-state index contributed by atoms with van der Waals surface area (Å²) in [5.41, 5.74) is 0.950. The van der Waals surface area contributed by atoms with E-state index in [1.165, 1.54) is 0 Å². The third kappa shape index (κ3) is 4.94. The number of hydrogen-bond acceptors (Lipinski definition) is 5. The fourth-order valence-corrected chi connectivity index (χ4v) is 2.99. The predicted molar refractivity (Wildman–Crippen MR) is 101 cm³/mol. The van der Waals surface area contributed by atoms with E-state index in [0.29, 0.717) is 53.5 Å². The van der Waals surface area contributed by atoms with Gasteiger partial charge in [0.15, 0.2) is 5.78 Å². The molecule has 0 saturated heterocycles. The van der Waals surface area contributed by atoms with E-state index >= 15 is 0 Å². The highest BCUT2D eigenvalue weighted by molar-refractivity contribution is 6.30. The summed E-state index contributed by atoms with van der Waals surface area (Å²) in [6, 6.07) is 6.43. The molecule has 0 heterocycles. The van der Waals surface area contributed by atoms with Crippen molar-refractivity contribution in [3.63, 3.8) is 0 Å². The molecule has 0 aliphatic heterocycles. The maximum Gasteiger partial charge on any atom is 0.343 e. The van der Waals surface area contributed by atoms with Crippen LogP contribution in [0.4, 0.5) is 0 Å². The van der Waals surface area contributed by atoms with Crippen molar-refractivity contribution in [3.8, 4) is 0 Å². The smallest absolute Gasteiger partial charge is 0.343 e. The Morgan fingerprint density at radius 1 is 1.19 bits per heavy atom. The molecule has 0 spiro atoms. The van der Waals surface area contributed by atoms with E-state index in [9.17, 15) is 9.59 Å². The highest BCUT2D eigenvalue weighted by Gasteiger charge is 2.37. The minimum absolute atomic E-state index is 0.0829. The largest absolute Gasteiger partial charge is 0.427 e. The molecular formula is C20H24ClNO4. The summed E-state index contributed by atoms with van der Waals surface area (Å²) < 4.78 is 5.64. The van der Waals surface area contributed by atoms with Gasteiger partial charge in [-0.25, -0.2) is 4.79 Å². The van der Waals surface area contributed by atoms with Gasteiger partial charge >= 0.3 is 5.97 Å². The minimum atomic E-state index is -0.522. The third-order valence-electron chi connectivity index (χ3n) is 4.06. The van der Waals surface area contributed by atoms with Crippen LogP contribution < -0.4 is 0 Å². The summed E-state index contributed by atoms with van der Waals surface area (Å²) in [6.45, 7) is 8.05. The Morgan fingerprint density at radius 3 is 2.42 bits per heavy atom. The normalized spacial score (nSPS) is 17.3. The number of halogens is 1. The van der Waals surface area contributed by atoms with Gasteiger partial charge in [-0.15, -0.1) is 0 Å². The second-order valence-electron chi connectivity index (χ2n) is 6.94. The van der Waals surface area contributed by atoms with E-state index in [4.69, 9.17) is 21.2 Å². The molecule has 1 aliphatic carbocycles. The molecule has 0 amide bonds. The molecule has 0 bridgehead atoms. The molecule has 0 radical (unpaired) electrons. The minimum Gasteiger partial charge on any atom is -0.427 e. The van der Waals surface area contributed by atoms with Gasteiger partial charge < -0.3 is 9.57 Å². The summed E-state index contributed by atoms with van der Waals surface area (Å²) in [5.74, 6) is -0.251. The van der Waals surface area contributed by atoms with Crippen molar-refractivity contribution in [1.29, 1.82) is 0 Å². The quantitative estimate of drug-likeness (QED) is 0.400. The van der Waals surface area contributed by atoms with Gasteiger partial charge in [-0.2, -0.15) is 0 Å². The predicted octanol–water partition coefficient (Wildman–Crippen LogP) is 4.94. The molecule has 1 aromatic carbocycles. The molecular weight excluding hydrogens is 354 g/mol. The van der Waals surface area contributed by atoms with Crippen molar-refractivity contribution in [2.24, 2.45) is 10.6 Å². The Bertz CT molecular complexity index is 748. The SMILES string of the molecule is CCON=C(CC)C1=C(OC(=O)c2ccc(Cl)cc2)CC(C)(C)CC1=O. The molecule has 0 N–H and O–H groups in total. The number of allylic oxidation sites excluding steroid dienone is 2. The van der Waals surface area contributed by atoms with Crippen LogP contribution in [0.25, 0.3) is 0 Å². The number of benzene rings is 1. The maximum atomic E-state index is 12.7. The standard InChI is InChI=1S/C20H24ClNO4/c1-5-15(22-25-6-2)18-16(23)11-20(3,4)12-17(18)26-19(24)13-7-9-14(21)10-8-13/h7-10H,5-6,11-12H2,1-4H3. The molecule has 0 aromatic heterocycles. The Hall–Kier alpha value is -2.14. The van der Waals surface area contributed by atoms with Gasteiger partial charge in [0.25, 0.3) is 0 Å². The van der Waals surface area contributed by atoms with E-state index in [1.54, 1.807) is 24.3 Å². The number of rotatable bonds is 6. The summed E-state index contributed by atoms with van der Waals surface area (Å²) in [7, 11) is 0. The summed E-state index contributed by atoms with van der Waals surface area (Å²) in [4.78, 5) is 30.4. The summed E-state index contributed by atoms with van der Waals surface area (Å²) in [6.07, 6.45) is 1.34. The van der Waals surface area contributed by atoms with Crippen molar-refractivity contribution < 1.29 is 19.2 Å². The molecule has 0 fully saturated rings. The number of carbonyl (C=O) groups is 2. The lowest BCUT2D eigenvalue weighted by atomic mass is 9.75. The molecule has 2 rings (SSSR count). The van der Waals surface area contributed by atoms with Gasteiger partial charge in [0, 0.05) is 17.9 Å². The van der Waals surface area contributed by atoms with Gasteiger partial charge in [-0.05, 0) is 43.0 Å². The van der Waals surface area contributed by atoms with Crippen LogP contribution in [0.5, 0.6) is 0 Å². The fraction of sp³-hybridized carbons (Fsp3) is 0.450. The lowest BCUT2D eigenvalue weighted by Crippen LogP contribution is -2.31. The van der Waals surface area contributed by atoms with E-state index in [0.717, 1.165) is 0 Å². The van der Waals surface area contributed by atoms with E-state index in [-0.39, 0.29) is 11.2 Å². The number of nitrogens with zero attached hydrogens (tertiary/aromatic N) is 1. The van der Waals surface area contributed by atoms with Crippen molar-refractivity contribution in [1.82, 2.24) is 0 Å². The van der Waals surface area contributed by atoms with Crippen molar-refractivity contribution in [2.75, 3.05) is 6.61 Å². The Balaban J connectivity index is 2.41. The lowest BCUT2D eigenvalue weighted by molar-refractivity contribution is -0.118. The molecule has 140 valence electrons. The van der Waals surface area contributed by atoms with Gasteiger partial charge in [-0.1, -0.05) is 37.5 Å². The number of oxime groups is 1. The number of hydrogen-bond donors (Lipinski definition) is 0. The van der Waals surface area contributed by atoms with Gasteiger partial charge in [0.1, 0.15) is 12.4 Å². The summed E-state index contributed by atoms with van der Waals surface area (Å²) >= 11 is 5.86. The first-order valence-electron chi connectivity index (χ1n) is 8.70. The van der Waals surface area contributed by atoms with Gasteiger partial charge in [0.2, 0.25) is 0 Å². The Labute approximate surface area is 159 Å². The molecule has 0 unspecified atom stereocenters. The van der Waals surface area contributed by atoms with Crippen LogP contribution in [-0.2, 0) is 14.4 Å². The highest BCUT2D eigenvalue weighted by Crippen LogP contribution is 2.38. The van der Waals surface area contributed by atoms with E-state index in [2.05, 4.69) is 5.16 Å². The van der Waals surface area contributed by atoms with Crippen LogP contribution in [0.1, 0.15) is 57.3 Å². The monoisotopic (exact) mass is 377 g/mol. The summed E-state index contributed by atoms with van der Waals surface area (Å²) in [5, 5.41) is 4.59. The van der Waals surface area contributed by atoms with Crippen LogP contribution in [0, 0.1) is 5.41 Å². The van der Waals surface area contributed by atoms with Crippen molar-refractivity contribution in [3.05, 3.63) is 46.2 Å². The molecule has 5 nitrogen and oxygen atoms in total. The average molecular weight is 378 g/mol. The first-order valence-corrected chi connectivity index (χ1v) is 9.08. The fourth-order valence-electron chi connectivity index (χ4n) is 2.86. The number of Topliss-reactive ketones (excluding diaryl/α,β-unsaturated/α-hetero) is 1. The first-order chi connectivity index (χ1) is 12.3. The van der Waals surface area contributed by atoms with Gasteiger partial charge in [-0.3, -0.25) is 4.79 Å². The van der Waals surface area contributed by atoms with Crippen molar-refractivity contribution >= 4 is 29.1 Å². The van der Waals surface area contributed by atoms with Gasteiger partial charge in [0.05, 0.1) is 16.8 Å². The lowest BCUT2D eigenvalue weighted by Gasteiger charge is -2.31. The van der Waals surface area contributed by atoms with Crippen LogP contribution in [0.2, 0.25) is 5.02 Å². The van der Waals surface area contributed by atoms with Crippen LogP contribution >= 0.6 is 11.6 Å². The average Bonchev–Trinajstić information content (AvgIpc) is 2.56. The maximum absolute atomic E-state index is 12.7. The zero-order valence-corrected chi connectivity index (χ0v) is 16.4. The number of ether oxygens (including phenoxy) is 1. The zero-order chi connectivity index (χ0) is 19.3. The Morgan fingerprint density at radius 2 is 1.85 bits per heavy atom. The molecule has 0 atom stereocenters. The zero-order valence-electron chi connectivity index (χ0n) is 15.6. The van der Waals surface area contributed by atoms with E-state index in [1.807, 2.05) is 27.7 Å². The topological polar surface area (TPSA) is 65.0 Å². The molecule has 0 saturated carbocycles. The first kappa shape index (κ1) is 20.2. The van der Waals surface area contributed by atoms with Crippen LogP contribution in [0.3, 0.4) is 0 Å². The van der Waals surface area contributed by atoms with Crippen molar-refractivity contribution in [2.45, 2.75) is 47.0 Å².